The molecule has 1 fully saturated rings. The van der Waals surface area contributed by atoms with Gasteiger partial charge in [0.1, 0.15) is 13.2 Å². The molecular formula is C20H31NO5. The van der Waals surface area contributed by atoms with Gasteiger partial charge in [0, 0.05) is 7.11 Å². The van der Waals surface area contributed by atoms with Gasteiger partial charge in [0.25, 0.3) is 0 Å². The lowest BCUT2D eigenvalue weighted by atomic mass is 9.98. The number of rotatable bonds is 10. The number of methoxy groups -OCH3 is 2. The van der Waals surface area contributed by atoms with E-state index < -0.39 is 0 Å². The first-order valence-corrected chi connectivity index (χ1v) is 9.34. The zero-order valence-electron chi connectivity index (χ0n) is 16.1. The Morgan fingerprint density at radius 3 is 2.62 bits per heavy atom. The second-order valence-corrected chi connectivity index (χ2v) is 6.61. The van der Waals surface area contributed by atoms with Gasteiger partial charge in [0.2, 0.25) is 5.91 Å². The molecule has 1 aromatic rings. The lowest BCUT2D eigenvalue weighted by Gasteiger charge is -2.22. The highest BCUT2D eigenvalue weighted by Gasteiger charge is 2.17. The number of hydrogen-bond donors (Lipinski definition) is 1. The fourth-order valence-corrected chi connectivity index (χ4v) is 3.10. The molecule has 1 aliphatic carbocycles. The van der Waals surface area contributed by atoms with Crippen LogP contribution in [0.1, 0.15) is 50.6 Å². The van der Waals surface area contributed by atoms with Crippen molar-refractivity contribution >= 4 is 5.91 Å². The molecule has 0 bridgehead atoms. The van der Waals surface area contributed by atoms with Crippen LogP contribution in [0, 0.1) is 0 Å². The standard InChI is InChI=1S/C20H31NO5/c1-15(21-20(22)14-26-17-7-5-4-6-8-17)16-9-10-18(19(13-16)24-3)25-12-11-23-2/h9-10,13,15,17H,4-8,11-12,14H2,1-3H3,(H,21,22). The van der Waals surface area contributed by atoms with Gasteiger partial charge in [-0.05, 0) is 37.5 Å². The predicted octanol–water partition coefficient (Wildman–Crippen LogP) is 3.25. The number of nitrogens with one attached hydrogen (secondary N) is 1. The first kappa shape index (κ1) is 20.5. The van der Waals surface area contributed by atoms with E-state index in [-0.39, 0.29) is 24.7 Å². The summed E-state index contributed by atoms with van der Waals surface area (Å²) in [6.07, 6.45) is 6.02. The molecule has 0 aromatic heterocycles. The van der Waals surface area contributed by atoms with E-state index in [2.05, 4.69) is 5.32 Å². The van der Waals surface area contributed by atoms with E-state index in [4.69, 9.17) is 18.9 Å². The van der Waals surface area contributed by atoms with E-state index in [1.165, 1.54) is 19.3 Å². The lowest BCUT2D eigenvalue weighted by molar-refractivity contribution is -0.129. The Bertz CT molecular complexity index is 557. The Kier molecular flexibility index (Phi) is 8.71. The largest absolute Gasteiger partial charge is 0.493 e. The summed E-state index contributed by atoms with van der Waals surface area (Å²) in [5.74, 6) is 1.20. The third-order valence-corrected chi connectivity index (χ3v) is 4.61. The number of carbonyl (C=O) groups is 1. The van der Waals surface area contributed by atoms with Crippen molar-refractivity contribution in [1.82, 2.24) is 5.32 Å². The highest BCUT2D eigenvalue weighted by molar-refractivity contribution is 5.77. The Balaban J connectivity index is 1.85. The monoisotopic (exact) mass is 365 g/mol. The van der Waals surface area contributed by atoms with Crippen LogP contribution in [0.4, 0.5) is 0 Å². The van der Waals surface area contributed by atoms with Crippen LogP contribution in [0.2, 0.25) is 0 Å². The van der Waals surface area contributed by atoms with Gasteiger partial charge in [-0.1, -0.05) is 25.3 Å². The summed E-state index contributed by atoms with van der Waals surface area (Å²) in [4.78, 5) is 12.2. The van der Waals surface area contributed by atoms with Crippen molar-refractivity contribution in [3.05, 3.63) is 23.8 Å². The average Bonchev–Trinajstić information content (AvgIpc) is 2.67. The molecule has 1 saturated carbocycles. The van der Waals surface area contributed by atoms with Gasteiger partial charge in [-0.25, -0.2) is 0 Å². The molecule has 1 aliphatic rings. The molecule has 1 N–H and O–H groups in total. The zero-order valence-corrected chi connectivity index (χ0v) is 16.1. The Labute approximate surface area is 156 Å². The molecule has 1 aromatic carbocycles. The molecule has 1 atom stereocenters. The summed E-state index contributed by atoms with van der Waals surface area (Å²) in [6, 6.07) is 5.52. The molecular weight excluding hydrogens is 334 g/mol. The summed E-state index contributed by atoms with van der Waals surface area (Å²) in [5.41, 5.74) is 0.951. The van der Waals surface area contributed by atoms with Crippen LogP contribution >= 0.6 is 0 Å². The highest BCUT2D eigenvalue weighted by atomic mass is 16.5. The van der Waals surface area contributed by atoms with E-state index in [0.717, 1.165) is 18.4 Å². The minimum atomic E-state index is -0.139. The van der Waals surface area contributed by atoms with Crippen LogP contribution in [0.3, 0.4) is 0 Å². The molecule has 0 heterocycles. The minimum Gasteiger partial charge on any atom is -0.493 e. The molecule has 6 heteroatoms. The van der Waals surface area contributed by atoms with E-state index in [1.54, 1.807) is 14.2 Å². The maximum atomic E-state index is 12.2. The molecule has 1 unspecified atom stereocenters. The highest BCUT2D eigenvalue weighted by Crippen LogP contribution is 2.30. The van der Waals surface area contributed by atoms with E-state index in [0.29, 0.717) is 24.7 Å². The molecule has 0 radical (unpaired) electrons. The average molecular weight is 365 g/mol. The predicted molar refractivity (Wildman–Crippen MR) is 99.7 cm³/mol. The van der Waals surface area contributed by atoms with E-state index >= 15 is 0 Å². The molecule has 26 heavy (non-hydrogen) atoms. The van der Waals surface area contributed by atoms with Gasteiger partial charge < -0.3 is 24.3 Å². The molecule has 0 spiro atoms. The summed E-state index contributed by atoms with van der Waals surface area (Å²) in [7, 11) is 3.23. The maximum Gasteiger partial charge on any atom is 0.246 e. The normalized spacial score (nSPS) is 16.1. The molecule has 1 amide bonds. The van der Waals surface area contributed by atoms with Crippen LogP contribution in [0.25, 0.3) is 0 Å². The quantitative estimate of drug-likeness (QED) is 0.645. The Morgan fingerprint density at radius 1 is 1.15 bits per heavy atom. The third kappa shape index (κ3) is 6.50. The van der Waals surface area contributed by atoms with E-state index in [1.807, 2.05) is 25.1 Å². The number of carbonyl (C=O) groups excluding carboxylic acids is 1. The van der Waals surface area contributed by atoms with Gasteiger partial charge in [-0.2, -0.15) is 0 Å². The van der Waals surface area contributed by atoms with Crippen molar-refractivity contribution in [1.29, 1.82) is 0 Å². The number of ether oxygens (including phenoxy) is 4. The van der Waals surface area contributed by atoms with Crippen LogP contribution in [-0.4, -0.2) is 46.1 Å². The Hall–Kier alpha value is -1.79. The van der Waals surface area contributed by atoms with Gasteiger partial charge in [0.15, 0.2) is 11.5 Å². The van der Waals surface area contributed by atoms with Crippen molar-refractivity contribution in [2.24, 2.45) is 0 Å². The first-order valence-electron chi connectivity index (χ1n) is 9.34. The minimum absolute atomic E-state index is 0.0949. The van der Waals surface area contributed by atoms with Crippen molar-refractivity contribution in [2.45, 2.75) is 51.2 Å². The third-order valence-electron chi connectivity index (χ3n) is 4.61. The van der Waals surface area contributed by atoms with Gasteiger partial charge in [-0.15, -0.1) is 0 Å². The van der Waals surface area contributed by atoms with Crippen LogP contribution in [-0.2, 0) is 14.3 Å². The SMILES string of the molecule is COCCOc1ccc(C(C)NC(=O)COC2CCCCC2)cc1OC. The van der Waals surface area contributed by atoms with Crippen molar-refractivity contribution < 1.29 is 23.7 Å². The summed E-state index contributed by atoms with van der Waals surface area (Å²) in [5, 5.41) is 2.98. The smallest absolute Gasteiger partial charge is 0.246 e. The fraction of sp³-hybridized carbons (Fsp3) is 0.650. The maximum absolute atomic E-state index is 12.2. The fourth-order valence-electron chi connectivity index (χ4n) is 3.10. The molecule has 6 nitrogen and oxygen atoms in total. The first-order chi connectivity index (χ1) is 12.6. The molecule has 0 aliphatic heterocycles. The van der Waals surface area contributed by atoms with Crippen molar-refractivity contribution in [3.63, 3.8) is 0 Å². The summed E-state index contributed by atoms with van der Waals surface area (Å²) >= 11 is 0. The zero-order chi connectivity index (χ0) is 18.8. The second kappa shape index (κ2) is 11.0. The van der Waals surface area contributed by atoms with Crippen molar-refractivity contribution in [3.8, 4) is 11.5 Å². The molecule has 2 rings (SSSR count). The summed E-state index contributed by atoms with van der Waals surface area (Å²) in [6.45, 7) is 3.03. The topological polar surface area (TPSA) is 66.0 Å². The number of hydrogen-bond acceptors (Lipinski definition) is 5. The Morgan fingerprint density at radius 2 is 1.92 bits per heavy atom. The summed E-state index contributed by atoms with van der Waals surface area (Å²) < 4.78 is 21.7. The number of benzene rings is 1. The van der Waals surface area contributed by atoms with Crippen LogP contribution in [0.5, 0.6) is 11.5 Å². The van der Waals surface area contributed by atoms with Crippen LogP contribution < -0.4 is 14.8 Å². The lowest BCUT2D eigenvalue weighted by Crippen LogP contribution is -2.32. The second-order valence-electron chi connectivity index (χ2n) is 6.61. The van der Waals surface area contributed by atoms with Gasteiger partial charge >= 0.3 is 0 Å². The molecule has 0 saturated heterocycles. The van der Waals surface area contributed by atoms with Gasteiger partial charge in [0.05, 0.1) is 25.9 Å². The molecule has 146 valence electrons. The number of amides is 1. The van der Waals surface area contributed by atoms with E-state index in [9.17, 15) is 4.79 Å². The van der Waals surface area contributed by atoms with Crippen LogP contribution in [0.15, 0.2) is 18.2 Å². The van der Waals surface area contributed by atoms with Gasteiger partial charge in [-0.3, -0.25) is 4.79 Å². The van der Waals surface area contributed by atoms with Crippen molar-refractivity contribution in [2.75, 3.05) is 34.0 Å².